The van der Waals surface area contributed by atoms with Gasteiger partial charge in [-0.15, -0.1) is 11.6 Å². The Bertz CT molecular complexity index is 189. The van der Waals surface area contributed by atoms with E-state index in [0.29, 0.717) is 25.4 Å². The molecule has 1 amide bonds. The minimum absolute atomic E-state index is 0.152. The normalized spacial score (nSPS) is 27.8. The van der Waals surface area contributed by atoms with Crippen LogP contribution in [0.2, 0.25) is 0 Å². The zero-order valence-corrected chi connectivity index (χ0v) is 9.59. The highest BCUT2D eigenvalue weighted by Gasteiger charge is 2.25. The predicted molar refractivity (Wildman–Crippen MR) is 56.5 cm³/mol. The summed E-state index contributed by atoms with van der Waals surface area (Å²) >= 11 is 5.55. The lowest BCUT2D eigenvalue weighted by molar-refractivity contribution is -0.143. The van der Waals surface area contributed by atoms with Gasteiger partial charge in [0.2, 0.25) is 5.91 Å². The molecule has 0 aromatic rings. The molecule has 1 fully saturated rings. The smallest absolute Gasteiger partial charge is 0.222 e. The molecular weight excluding hydrogens is 202 g/mol. The van der Waals surface area contributed by atoms with Crippen molar-refractivity contribution in [1.82, 2.24) is 4.90 Å². The maximum Gasteiger partial charge on any atom is 0.222 e. The van der Waals surface area contributed by atoms with Gasteiger partial charge in [0.15, 0.2) is 0 Å². The number of ether oxygens (including phenoxy) is 1. The third-order valence-electron chi connectivity index (χ3n) is 2.30. The molecule has 1 rings (SSSR count). The second-order valence-electron chi connectivity index (χ2n) is 3.85. The minimum atomic E-state index is 0.152. The Labute approximate surface area is 90.4 Å². The standard InChI is InChI=1S/C10H18ClNO2/c1-8-6-12(7-9(2)14-8)10(13)4-3-5-11/h8-9H,3-7H2,1-2H3/t8-,9-/m0/s1. The number of morpholine rings is 1. The highest BCUT2D eigenvalue weighted by molar-refractivity contribution is 6.17. The van der Waals surface area contributed by atoms with E-state index in [4.69, 9.17) is 16.3 Å². The first-order valence-electron chi connectivity index (χ1n) is 5.12. The summed E-state index contributed by atoms with van der Waals surface area (Å²) in [6, 6.07) is 0. The van der Waals surface area contributed by atoms with Crippen LogP contribution in [-0.4, -0.2) is 42.0 Å². The van der Waals surface area contributed by atoms with E-state index >= 15 is 0 Å². The van der Waals surface area contributed by atoms with Gasteiger partial charge < -0.3 is 9.64 Å². The average Bonchev–Trinajstić information content (AvgIpc) is 2.12. The van der Waals surface area contributed by atoms with Crippen molar-refractivity contribution >= 4 is 17.5 Å². The lowest BCUT2D eigenvalue weighted by Gasteiger charge is -2.35. The fourth-order valence-electron chi connectivity index (χ4n) is 1.76. The molecule has 0 aliphatic carbocycles. The number of halogens is 1. The summed E-state index contributed by atoms with van der Waals surface area (Å²) in [5, 5.41) is 0. The van der Waals surface area contributed by atoms with Crippen LogP contribution in [0.1, 0.15) is 26.7 Å². The molecule has 0 spiro atoms. The van der Waals surface area contributed by atoms with Crippen molar-refractivity contribution in [2.24, 2.45) is 0 Å². The molecule has 1 aliphatic heterocycles. The van der Waals surface area contributed by atoms with Crippen LogP contribution in [0.25, 0.3) is 0 Å². The maximum absolute atomic E-state index is 11.7. The summed E-state index contributed by atoms with van der Waals surface area (Å²) in [5.74, 6) is 0.758. The molecule has 2 atom stereocenters. The number of nitrogens with zero attached hydrogens (tertiary/aromatic N) is 1. The SMILES string of the molecule is C[C@H]1CN(C(=O)CCCCl)C[C@H](C)O1. The molecular formula is C10H18ClNO2. The first kappa shape index (κ1) is 11.8. The molecule has 1 heterocycles. The molecule has 0 radical (unpaired) electrons. The Hall–Kier alpha value is -0.280. The monoisotopic (exact) mass is 219 g/mol. The van der Waals surface area contributed by atoms with Crippen LogP contribution in [0, 0.1) is 0 Å². The van der Waals surface area contributed by atoms with E-state index in [1.54, 1.807) is 0 Å². The molecule has 0 N–H and O–H groups in total. The van der Waals surface area contributed by atoms with Gasteiger partial charge in [-0.25, -0.2) is 0 Å². The number of hydrogen-bond donors (Lipinski definition) is 0. The highest BCUT2D eigenvalue weighted by Crippen LogP contribution is 2.12. The van der Waals surface area contributed by atoms with Crippen molar-refractivity contribution in [2.75, 3.05) is 19.0 Å². The molecule has 0 aromatic heterocycles. The number of amides is 1. The van der Waals surface area contributed by atoms with Gasteiger partial charge in [-0.2, -0.15) is 0 Å². The summed E-state index contributed by atoms with van der Waals surface area (Å²) in [7, 11) is 0. The molecule has 0 aromatic carbocycles. The van der Waals surface area contributed by atoms with Gasteiger partial charge in [-0.3, -0.25) is 4.79 Å². The van der Waals surface area contributed by atoms with Crippen molar-refractivity contribution in [3.8, 4) is 0 Å². The van der Waals surface area contributed by atoms with Crippen molar-refractivity contribution in [3.05, 3.63) is 0 Å². The van der Waals surface area contributed by atoms with E-state index in [9.17, 15) is 4.79 Å². The molecule has 1 aliphatic rings. The number of rotatable bonds is 3. The van der Waals surface area contributed by atoms with Crippen LogP contribution in [0.4, 0.5) is 0 Å². The van der Waals surface area contributed by atoms with Crippen molar-refractivity contribution in [2.45, 2.75) is 38.9 Å². The Morgan fingerprint density at radius 3 is 2.50 bits per heavy atom. The van der Waals surface area contributed by atoms with Crippen LogP contribution < -0.4 is 0 Å². The quantitative estimate of drug-likeness (QED) is 0.676. The lowest BCUT2D eigenvalue weighted by atomic mass is 10.2. The number of alkyl halides is 1. The topological polar surface area (TPSA) is 29.5 Å². The Morgan fingerprint density at radius 1 is 1.43 bits per heavy atom. The van der Waals surface area contributed by atoms with Crippen molar-refractivity contribution < 1.29 is 9.53 Å². The largest absolute Gasteiger partial charge is 0.372 e. The van der Waals surface area contributed by atoms with E-state index in [1.165, 1.54) is 0 Å². The molecule has 82 valence electrons. The zero-order valence-electron chi connectivity index (χ0n) is 8.83. The van der Waals surface area contributed by atoms with Crippen LogP contribution in [0.15, 0.2) is 0 Å². The van der Waals surface area contributed by atoms with Crippen LogP contribution >= 0.6 is 11.6 Å². The fourth-order valence-corrected chi connectivity index (χ4v) is 1.89. The van der Waals surface area contributed by atoms with Crippen molar-refractivity contribution in [1.29, 1.82) is 0 Å². The molecule has 14 heavy (non-hydrogen) atoms. The van der Waals surface area contributed by atoms with E-state index in [1.807, 2.05) is 18.7 Å². The lowest BCUT2D eigenvalue weighted by Crippen LogP contribution is -2.48. The summed E-state index contributed by atoms with van der Waals surface area (Å²) in [4.78, 5) is 13.5. The number of carbonyl (C=O) groups is 1. The highest BCUT2D eigenvalue weighted by atomic mass is 35.5. The zero-order chi connectivity index (χ0) is 10.6. The number of hydrogen-bond acceptors (Lipinski definition) is 2. The maximum atomic E-state index is 11.7. The Balaban J connectivity index is 2.38. The third kappa shape index (κ3) is 3.46. The first-order valence-corrected chi connectivity index (χ1v) is 5.66. The van der Waals surface area contributed by atoms with Gasteiger partial charge in [0.05, 0.1) is 12.2 Å². The molecule has 0 saturated carbocycles. The Kier molecular flexibility index (Phi) is 4.69. The Morgan fingerprint density at radius 2 is 2.00 bits per heavy atom. The second kappa shape index (κ2) is 5.56. The van der Waals surface area contributed by atoms with Gasteiger partial charge in [0.1, 0.15) is 0 Å². The third-order valence-corrected chi connectivity index (χ3v) is 2.56. The molecule has 3 nitrogen and oxygen atoms in total. The van der Waals surface area contributed by atoms with Crippen LogP contribution in [-0.2, 0) is 9.53 Å². The first-order chi connectivity index (χ1) is 6.63. The van der Waals surface area contributed by atoms with E-state index < -0.39 is 0 Å². The van der Waals surface area contributed by atoms with E-state index in [0.717, 1.165) is 6.42 Å². The number of carbonyl (C=O) groups excluding carboxylic acids is 1. The summed E-state index contributed by atoms with van der Waals surface area (Å²) in [6.45, 7) is 5.42. The summed E-state index contributed by atoms with van der Waals surface area (Å²) < 4.78 is 5.55. The van der Waals surface area contributed by atoms with Crippen LogP contribution in [0.3, 0.4) is 0 Å². The van der Waals surface area contributed by atoms with Crippen LogP contribution in [0.5, 0.6) is 0 Å². The van der Waals surface area contributed by atoms with Gasteiger partial charge in [-0.1, -0.05) is 0 Å². The summed E-state index contributed by atoms with van der Waals surface area (Å²) in [5.41, 5.74) is 0. The molecule has 0 unspecified atom stereocenters. The summed E-state index contributed by atoms with van der Waals surface area (Å²) in [6.07, 6.45) is 1.63. The van der Waals surface area contributed by atoms with E-state index in [2.05, 4.69) is 0 Å². The molecule has 0 bridgehead atoms. The van der Waals surface area contributed by atoms with E-state index in [-0.39, 0.29) is 18.1 Å². The fraction of sp³-hybridized carbons (Fsp3) is 0.900. The molecule has 4 heteroatoms. The van der Waals surface area contributed by atoms with Gasteiger partial charge in [0.25, 0.3) is 0 Å². The minimum Gasteiger partial charge on any atom is -0.372 e. The van der Waals surface area contributed by atoms with Crippen molar-refractivity contribution in [3.63, 3.8) is 0 Å². The second-order valence-corrected chi connectivity index (χ2v) is 4.23. The average molecular weight is 220 g/mol. The predicted octanol–water partition coefficient (Wildman–Crippen LogP) is 1.64. The van der Waals surface area contributed by atoms with Gasteiger partial charge in [0, 0.05) is 25.4 Å². The van der Waals surface area contributed by atoms with Gasteiger partial charge >= 0.3 is 0 Å². The van der Waals surface area contributed by atoms with Gasteiger partial charge in [-0.05, 0) is 20.3 Å². The molecule has 1 saturated heterocycles.